The second kappa shape index (κ2) is 2.17. The zero-order valence-electron chi connectivity index (χ0n) is 5.85. The van der Waals surface area contributed by atoms with E-state index in [1.54, 1.807) is 0 Å². The van der Waals surface area contributed by atoms with Gasteiger partial charge in [-0.2, -0.15) is 15.3 Å². The number of nitrogens with one attached hydrogen (secondary N) is 1. The Morgan fingerprint density at radius 3 is 3.25 bits per heavy atom. The third kappa shape index (κ3) is 0.769. The number of aromatic nitrogens is 4. The molecule has 2 rings (SSSR count). The molecule has 0 radical (unpaired) electrons. The van der Waals surface area contributed by atoms with E-state index in [9.17, 15) is 4.79 Å². The molecule has 12 heavy (non-hydrogen) atoms. The molecule has 2 aromatic rings. The van der Waals surface area contributed by atoms with Crippen LogP contribution >= 0.6 is 0 Å². The van der Waals surface area contributed by atoms with Gasteiger partial charge in [0.25, 0.3) is 0 Å². The Morgan fingerprint density at radius 2 is 2.50 bits per heavy atom. The van der Waals surface area contributed by atoms with Gasteiger partial charge in [0, 0.05) is 0 Å². The first kappa shape index (κ1) is 6.54. The number of hydrogen-bond acceptors (Lipinski definition) is 4. The molecule has 0 amide bonds. The van der Waals surface area contributed by atoms with E-state index in [0.29, 0.717) is 11.2 Å². The highest BCUT2D eigenvalue weighted by Crippen LogP contribution is 2.01. The molecule has 0 atom stereocenters. The monoisotopic (exact) mass is 161 g/mol. The third-order valence-corrected chi connectivity index (χ3v) is 1.43. The quantitative estimate of drug-likeness (QED) is 0.552. The minimum atomic E-state index is -0.487. The highest BCUT2D eigenvalue weighted by Gasteiger charge is 2.02. The molecule has 0 fully saturated rings. The Hall–Kier alpha value is -2.16. The molecule has 2 aromatic heterocycles. The lowest BCUT2D eigenvalue weighted by Gasteiger charge is -1.88. The van der Waals surface area contributed by atoms with Crippen molar-refractivity contribution < 1.29 is 0 Å². The minimum Gasteiger partial charge on any atom is -0.289 e. The van der Waals surface area contributed by atoms with E-state index in [2.05, 4.69) is 15.1 Å². The van der Waals surface area contributed by atoms with E-state index in [1.807, 2.05) is 6.07 Å². The van der Waals surface area contributed by atoms with Crippen molar-refractivity contribution in [3.63, 3.8) is 0 Å². The maximum atomic E-state index is 10.7. The van der Waals surface area contributed by atoms with Crippen molar-refractivity contribution in [3.8, 4) is 6.07 Å². The average molecular weight is 161 g/mol. The summed E-state index contributed by atoms with van der Waals surface area (Å²) >= 11 is 0. The molecule has 0 spiro atoms. The number of hydrogen-bond donors (Lipinski definition) is 1. The van der Waals surface area contributed by atoms with Gasteiger partial charge >= 0.3 is 5.69 Å². The molecule has 0 aliphatic heterocycles. The molecule has 0 aliphatic carbocycles. The molecule has 0 saturated heterocycles. The lowest BCUT2D eigenvalue weighted by molar-refractivity contribution is 0.871. The fourth-order valence-electron chi connectivity index (χ4n) is 0.897. The number of rotatable bonds is 0. The van der Waals surface area contributed by atoms with Gasteiger partial charge in [-0.1, -0.05) is 0 Å². The summed E-state index contributed by atoms with van der Waals surface area (Å²) in [5.74, 6) is 0. The number of nitrogens with zero attached hydrogens (tertiary/aromatic N) is 4. The zero-order valence-corrected chi connectivity index (χ0v) is 5.85. The second-order valence-corrected chi connectivity index (χ2v) is 2.14. The van der Waals surface area contributed by atoms with Crippen LogP contribution in [0.15, 0.2) is 17.3 Å². The van der Waals surface area contributed by atoms with Gasteiger partial charge in [0.05, 0.1) is 6.20 Å². The normalized spacial score (nSPS) is 9.92. The summed E-state index contributed by atoms with van der Waals surface area (Å²) in [6.07, 6.45) is 2.63. The first-order chi connectivity index (χ1) is 5.81. The maximum absolute atomic E-state index is 10.7. The van der Waals surface area contributed by atoms with Crippen LogP contribution in [0.3, 0.4) is 0 Å². The molecule has 1 N–H and O–H groups in total. The summed E-state index contributed by atoms with van der Waals surface area (Å²) in [5.41, 5.74) is 0.214. The number of H-pyrrole nitrogens is 1. The molecule has 0 bridgehead atoms. The molecule has 6 heteroatoms. The minimum absolute atomic E-state index is 0.328. The molecule has 0 aromatic carbocycles. The summed E-state index contributed by atoms with van der Waals surface area (Å²) in [5, 5.41) is 12.4. The molecule has 0 unspecified atom stereocenters. The highest BCUT2D eigenvalue weighted by molar-refractivity contribution is 5.52. The van der Waals surface area contributed by atoms with E-state index in [1.165, 1.54) is 17.0 Å². The van der Waals surface area contributed by atoms with E-state index < -0.39 is 5.69 Å². The Morgan fingerprint density at radius 1 is 1.67 bits per heavy atom. The fourth-order valence-corrected chi connectivity index (χ4v) is 0.897. The SMILES string of the molecule is N#Cc1cnn2cnc(=O)[nH]c12. The first-order valence-corrected chi connectivity index (χ1v) is 3.14. The lowest BCUT2D eigenvalue weighted by Crippen LogP contribution is -2.11. The van der Waals surface area contributed by atoms with Gasteiger partial charge in [0.15, 0.2) is 5.65 Å². The van der Waals surface area contributed by atoms with Crippen LogP contribution in [0.1, 0.15) is 5.56 Å². The van der Waals surface area contributed by atoms with E-state index >= 15 is 0 Å². The Bertz CT molecular complexity index is 516. The summed E-state index contributed by atoms with van der Waals surface area (Å²) in [4.78, 5) is 16.6. The van der Waals surface area contributed by atoms with Gasteiger partial charge in [-0.15, -0.1) is 0 Å². The summed E-state index contributed by atoms with van der Waals surface area (Å²) in [7, 11) is 0. The van der Waals surface area contributed by atoms with Crippen molar-refractivity contribution in [2.75, 3.05) is 0 Å². The summed E-state index contributed by atoms with van der Waals surface area (Å²) < 4.78 is 1.33. The second-order valence-electron chi connectivity index (χ2n) is 2.14. The van der Waals surface area contributed by atoms with Crippen molar-refractivity contribution in [2.45, 2.75) is 0 Å². The first-order valence-electron chi connectivity index (χ1n) is 3.14. The van der Waals surface area contributed by atoms with Crippen molar-refractivity contribution in [3.05, 3.63) is 28.6 Å². The largest absolute Gasteiger partial charge is 0.348 e. The number of fused-ring (bicyclic) bond motifs is 1. The number of nitriles is 1. The van der Waals surface area contributed by atoms with Crippen LogP contribution in [-0.2, 0) is 0 Å². The molecule has 0 saturated carbocycles. The Balaban J connectivity index is 2.95. The summed E-state index contributed by atoms with van der Waals surface area (Å²) in [6, 6.07) is 1.90. The van der Waals surface area contributed by atoms with Crippen LogP contribution in [0.4, 0.5) is 0 Å². The zero-order chi connectivity index (χ0) is 8.55. The van der Waals surface area contributed by atoms with Crippen LogP contribution in [0.5, 0.6) is 0 Å². The van der Waals surface area contributed by atoms with Crippen LogP contribution in [0, 0.1) is 11.3 Å². The molecular weight excluding hydrogens is 158 g/mol. The molecule has 6 nitrogen and oxygen atoms in total. The predicted octanol–water partition coefficient (Wildman–Crippen LogP) is -0.711. The van der Waals surface area contributed by atoms with Crippen LogP contribution in [0.2, 0.25) is 0 Å². The van der Waals surface area contributed by atoms with Crippen LogP contribution < -0.4 is 5.69 Å². The Labute approximate surface area is 66.1 Å². The maximum Gasteiger partial charge on any atom is 0.348 e. The summed E-state index contributed by atoms with van der Waals surface area (Å²) in [6.45, 7) is 0. The van der Waals surface area contributed by atoms with Gasteiger partial charge in [-0.05, 0) is 0 Å². The molecule has 0 aliphatic rings. The standard InChI is InChI=1S/C6H3N5O/c7-1-4-2-9-11-3-8-6(12)10-5(4)11/h2-3H,(H,10,12). The molecular formula is C6H3N5O. The Kier molecular flexibility index (Phi) is 1.18. The van der Waals surface area contributed by atoms with E-state index in [0.717, 1.165) is 0 Å². The molecule has 58 valence electrons. The van der Waals surface area contributed by atoms with E-state index in [4.69, 9.17) is 5.26 Å². The lowest BCUT2D eigenvalue weighted by atomic mass is 10.4. The fraction of sp³-hybridized carbons (Fsp3) is 0. The van der Waals surface area contributed by atoms with Crippen molar-refractivity contribution in [2.24, 2.45) is 0 Å². The van der Waals surface area contributed by atoms with Crippen LogP contribution in [0.25, 0.3) is 5.65 Å². The van der Waals surface area contributed by atoms with Gasteiger partial charge in [0.2, 0.25) is 0 Å². The van der Waals surface area contributed by atoms with Crippen molar-refractivity contribution in [1.29, 1.82) is 5.26 Å². The van der Waals surface area contributed by atoms with Gasteiger partial charge < -0.3 is 0 Å². The highest BCUT2D eigenvalue weighted by atomic mass is 16.1. The molecule has 2 heterocycles. The van der Waals surface area contributed by atoms with Crippen LogP contribution in [-0.4, -0.2) is 19.6 Å². The van der Waals surface area contributed by atoms with Gasteiger partial charge in [-0.25, -0.2) is 9.31 Å². The number of aromatic amines is 1. The van der Waals surface area contributed by atoms with Crippen molar-refractivity contribution >= 4 is 5.65 Å². The predicted molar refractivity (Wildman–Crippen MR) is 38.3 cm³/mol. The topological polar surface area (TPSA) is 86.8 Å². The van der Waals surface area contributed by atoms with Gasteiger partial charge in [-0.3, -0.25) is 4.98 Å². The smallest absolute Gasteiger partial charge is 0.289 e. The third-order valence-electron chi connectivity index (χ3n) is 1.43. The van der Waals surface area contributed by atoms with Crippen molar-refractivity contribution in [1.82, 2.24) is 19.6 Å². The van der Waals surface area contributed by atoms with Gasteiger partial charge in [0.1, 0.15) is 18.0 Å². The van der Waals surface area contributed by atoms with E-state index in [-0.39, 0.29) is 0 Å². The average Bonchev–Trinajstić information content (AvgIpc) is 2.46.